The molecule has 0 saturated heterocycles. The highest BCUT2D eigenvalue weighted by Crippen LogP contribution is 2.21. The Labute approximate surface area is 122 Å². The lowest BCUT2D eigenvalue weighted by Gasteiger charge is -2.22. The molecule has 1 amide bonds. The van der Waals surface area contributed by atoms with E-state index >= 15 is 0 Å². The fourth-order valence-corrected chi connectivity index (χ4v) is 1.75. The van der Waals surface area contributed by atoms with Gasteiger partial charge in [-0.1, -0.05) is 0 Å². The molecule has 0 radical (unpaired) electrons. The van der Waals surface area contributed by atoms with Gasteiger partial charge in [-0.15, -0.1) is 0 Å². The number of rotatable bonds is 7. The van der Waals surface area contributed by atoms with Crippen LogP contribution in [-0.4, -0.2) is 60.9 Å². The van der Waals surface area contributed by atoms with Gasteiger partial charge in [0.25, 0.3) is 5.91 Å². The van der Waals surface area contributed by atoms with Gasteiger partial charge in [0.2, 0.25) is 0 Å². The predicted octanol–water partition coefficient (Wildman–Crippen LogP) is 0.749. The molecular weight excluding hydrogens is 278 g/mol. The Balaban J connectivity index is 2.84. The molecule has 0 aliphatic heterocycles. The van der Waals surface area contributed by atoms with Gasteiger partial charge >= 0.3 is 5.97 Å². The molecule has 1 aromatic rings. The van der Waals surface area contributed by atoms with E-state index in [2.05, 4.69) is 4.74 Å². The zero-order valence-corrected chi connectivity index (χ0v) is 12.0. The van der Waals surface area contributed by atoms with Crippen molar-refractivity contribution in [2.75, 3.05) is 33.9 Å². The van der Waals surface area contributed by atoms with Crippen LogP contribution in [0.5, 0.6) is 11.5 Å². The predicted molar refractivity (Wildman–Crippen MR) is 74.2 cm³/mol. The summed E-state index contributed by atoms with van der Waals surface area (Å²) in [6.07, 6.45) is 0.0523. The number of nitrogens with zero attached hydrogens (tertiary/aromatic N) is 1. The number of phenols is 2. The lowest BCUT2D eigenvalue weighted by Crippen LogP contribution is -2.35. The number of esters is 1. The molecular formula is C14H19NO6. The molecule has 21 heavy (non-hydrogen) atoms. The first kappa shape index (κ1) is 16.8. The Morgan fingerprint density at radius 3 is 2.24 bits per heavy atom. The van der Waals surface area contributed by atoms with Crippen LogP contribution in [0.2, 0.25) is 0 Å². The van der Waals surface area contributed by atoms with Crippen molar-refractivity contribution < 1.29 is 29.3 Å². The van der Waals surface area contributed by atoms with Gasteiger partial charge in [0.05, 0.1) is 20.1 Å². The lowest BCUT2D eigenvalue weighted by atomic mass is 10.1. The average molecular weight is 297 g/mol. The van der Waals surface area contributed by atoms with Crippen molar-refractivity contribution in [3.63, 3.8) is 0 Å². The number of carbonyl (C=O) groups is 2. The van der Waals surface area contributed by atoms with E-state index in [4.69, 9.17) is 4.74 Å². The molecule has 0 aromatic heterocycles. The molecule has 0 fully saturated rings. The van der Waals surface area contributed by atoms with Crippen LogP contribution >= 0.6 is 0 Å². The zero-order chi connectivity index (χ0) is 15.8. The zero-order valence-electron chi connectivity index (χ0n) is 12.0. The fourth-order valence-electron chi connectivity index (χ4n) is 1.75. The normalized spacial score (nSPS) is 10.2. The Kier molecular flexibility index (Phi) is 6.48. The molecule has 2 N–H and O–H groups in total. The van der Waals surface area contributed by atoms with Crippen LogP contribution in [-0.2, 0) is 14.3 Å². The third-order valence-electron chi connectivity index (χ3n) is 2.82. The molecule has 0 aliphatic carbocycles. The van der Waals surface area contributed by atoms with E-state index in [9.17, 15) is 19.8 Å². The summed E-state index contributed by atoms with van der Waals surface area (Å²) in [5, 5.41) is 18.9. The Hall–Kier alpha value is -2.28. The van der Waals surface area contributed by atoms with E-state index in [0.717, 1.165) is 6.07 Å². The molecule has 7 nitrogen and oxygen atoms in total. The molecule has 0 atom stereocenters. The van der Waals surface area contributed by atoms with Gasteiger partial charge in [-0.3, -0.25) is 9.59 Å². The van der Waals surface area contributed by atoms with Crippen molar-refractivity contribution >= 4 is 11.9 Å². The minimum absolute atomic E-state index is 0.0523. The topological polar surface area (TPSA) is 96.3 Å². The number of benzene rings is 1. The molecule has 0 bridgehead atoms. The summed E-state index contributed by atoms with van der Waals surface area (Å²) < 4.78 is 9.47. The molecule has 1 rings (SSSR count). The summed E-state index contributed by atoms with van der Waals surface area (Å²) in [4.78, 5) is 24.9. The second-order valence-corrected chi connectivity index (χ2v) is 4.35. The maximum atomic E-state index is 12.4. The van der Waals surface area contributed by atoms with Crippen molar-refractivity contribution in [2.24, 2.45) is 0 Å². The molecule has 7 heteroatoms. The van der Waals surface area contributed by atoms with Crippen LogP contribution in [0.4, 0.5) is 0 Å². The first-order valence-corrected chi connectivity index (χ1v) is 6.36. The summed E-state index contributed by atoms with van der Waals surface area (Å²) in [6, 6.07) is 3.63. The van der Waals surface area contributed by atoms with Crippen molar-refractivity contribution in [3.05, 3.63) is 23.8 Å². The standard InChI is InChI=1S/C14H19NO6/c1-20-6-5-15(4-3-13(18)21-2)14(19)10-7-11(16)9-12(17)8-10/h7-9,16-17H,3-6H2,1-2H3. The minimum Gasteiger partial charge on any atom is -0.508 e. The summed E-state index contributed by atoms with van der Waals surface area (Å²) in [6.45, 7) is 0.742. The second kappa shape index (κ2) is 8.11. The van der Waals surface area contributed by atoms with Crippen LogP contribution in [0.3, 0.4) is 0 Å². The van der Waals surface area contributed by atoms with Gasteiger partial charge in [-0.2, -0.15) is 0 Å². The van der Waals surface area contributed by atoms with Crippen molar-refractivity contribution in [2.45, 2.75) is 6.42 Å². The van der Waals surface area contributed by atoms with Crippen molar-refractivity contribution in [3.8, 4) is 11.5 Å². The van der Waals surface area contributed by atoms with E-state index in [1.165, 1.54) is 31.3 Å². The van der Waals surface area contributed by atoms with Gasteiger partial charge in [-0.25, -0.2) is 0 Å². The number of phenolic OH excluding ortho intramolecular Hbond substituents is 2. The van der Waals surface area contributed by atoms with Gasteiger partial charge in [0.15, 0.2) is 0 Å². The maximum Gasteiger partial charge on any atom is 0.307 e. The van der Waals surface area contributed by atoms with Crippen LogP contribution in [0.15, 0.2) is 18.2 Å². The molecule has 0 spiro atoms. The highest BCUT2D eigenvalue weighted by molar-refractivity contribution is 5.95. The molecule has 0 aliphatic rings. The summed E-state index contributed by atoms with van der Waals surface area (Å²) in [7, 11) is 2.78. The van der Waals surface area contributed by atoms with Gasteiger partial charge in [0, 0.05) is 31.8 Å². The van der Waals surface area contributed by atoms with Gasteiger partial charge < -0.3 is 24.6 Å². The summed E-state index contributed by atoms with van der Waals surface area (Å²) in [5.41, 5.74) is 0.133. The SMILES string of the molecule is COCCN(CCC(=O)OC)C(=O)c1cc(O)cc(O)c1. The smallest absolute Gasteiger partial charge is 0.307 e. The third-order valence-corrected chi connectivity index (χ3v) is 2.82. The Morgan fingerprint density at radius 2 is 1.71 bits per heavy atom. The molecule has 0 unspecified atom stereocenters. The van der Waals surface area contributed by atoms with E-state index in [0.29, 0.717) is 6.61 Å². The van der Waals surface area contributed by atoms with Crippen molar-refractivity contribution in [1.82, 2.24) is 4.90 Å². The average Bonchev–Trinajstić information content (AvgIpc) is 2.45. The van der Waals surface area contributed by atoms with Crippen LogP contribution < -0.4 is 0 Å². The maximum absolute atomic E-state index is 12.4. The van der Waals surface area contributed by atoms with E-state index < -0.39 is 11.9 Å². The summed E-state index contributed by atoms with van der Waals surface area (Å²) >= 11 is 0. The largest absolute Gasteiger partial charge is 0.508 e. The van der Waals surface area contributed by atoms with Gasteiger partial charge in [-0.05, 0) is 12.1 Å². The Morgan fingerprint density at radius 1 is 1.10 bits per heavy atom. The third kappa shape index (κ3) is 5.31. The van der Waals surface area contributed by atoms with Crippen LogP contribution in [0, 0.1) is 0 Å². The molecule has 0 heterocycles. The van der Waals surface area contributed by atoms with Crippen LogP contribution in [0.25, 0.3) is 0 Å². The van der Waals surface area contributed by atoms with E-state index in [-0.39, 0.29) is 36.6 Å². The number of hydrogen-bond acceptors (Lipinski definition) is 6. The quantitative estimate of drug-likeness (QED) is 0.721. The first-order chi connectivity index (χ1) is 9.97. The minimum atomic E-state index is -0.427. The first-order valence-electron chi connectivity index (χ1n) is 6.36. The molecule has 1 aromatic carbocycles. The Bertz CT molecular complexity index is 482. The fraction of sp³-hybridized carbons (Fsp3) is 0.429. The van der Waals surface area contributed by atoms with E-state index in [1.807, 2.05) is 0 Å². The highest BCUT2D eigenvalue weighted by Gasteiger charge is 2.18. The molecule has 0 saturated carbocycles. The van der Waals surface area contributed by atoms with Crippen LogP contribution in [0.1, 0.15) is 16.8 Å². The molecule has 116 valence electrons. The lowest BCUT2D eigenvalue weighted by molar-refractivity contribution is -0.140. The number of ether oxygens (including phenoxy) is 2. The second-order valence-electron chi connectivity index (χ2n) is 4.35. The number of amides is 1. The number of methoxy groups -OCH3 is 2. The van der Waals surface area contributed by atoms with Crippen molar-refractivity contribution in [1.29, 1.82) is 0 Å². The van der Waals surface area contributed by atoms with Gasteiger partial charge in [0.1, 0.15) is 11.5 Å². The summed E-state index contributed by atoms with van der Waals surface area (Å²) in [5.74, 6) is -1.26. The highest BCUT2D eigenvalue weighted by atomic mass is 16.5. The number of carbonyl (C=O) groups excluding carboxylic acids is 2. The number of aromatic hydroxyl groups is 2. The monoisotopic (exact) mass is 297 g/mol. The van der Waals surface area contributed by atoms with E-state index in [1.54, 1.807) is 0 Å². The number of hydrogen-bond donors (Lipinski definition) is 2.